The molecule has 0 amide bonds. The normalized spacial score (nSPS) is 18.5. The Morgan fingerprint density at radius 1 is 0.544 bits per heavy atom. The lowest BCUT2D eigenvalue weighted by Gasteiger charge is -2.29. The largest absolute Gasteiger partial charge is 0.333 e. The van der Waals surface area contributed by atoms with E-state index in [1.54, 1.807) is 0 Å². The first kappa shape index (κ1) is 32.2. The number of para-hydroxylation sites is 1. The van der Waals surface area contributed by atoms with E-state index >= 15 is 0 Å². The van der Waals surface area contributed by atoms with Crippen LogP contribution in [0.4, 0.5) is 11.4 Å². The number of amidine groups is 2. The Morgan fingerprint density at radius 3 is 2.14 bits per heavy atom. The van der Waals surface area contributed by atoms with Crippen molar-refractivity contribution in [2.75, 3.05) is 4.90 Å². The average molecular weight is 750 g/mol. The number of aromatic nitrogens is 1. The van der Waals surface area contributed by atoms with E-state index in [2.05, 4.69) is 179 Å². The van der Waals surface area contributed by atoms with Gasteiger partial charge in [-0.15, -0.1) is 11.3 Å². The lowest BCUT2D eigenvalue weighted by atomic mass is 9.91. The molecule has 3 unspecified atom stereocenters. The summed E-state index contributed by atoms with van der Waals surface area (Å²) in [4.78, 5) is 13.0. The van der Waals surface area contributed by atoms with Gasteiger partial charge in [0.2, 0.25) is 6.29 Å². The van der Waals surface area contributed by atoms with E-state index in [1.807, 2.05) is 35.6 Å². The highest BCUT2D eigenvalue weighted by Gasteiger charge is 2.40. The monoisotopic (exact) mass is 749 g/mol. The first-order valence-corrected chi connectivity index (χ1v) is 20.3. The number of thiophene rings is 1. The second-order valence-electron chi connectivity index (χ2n) is 15.0. The molecule has 3 atom stereocenters. The lowest BCUT2D eigenvalue weighted by molar-refractivity contribution is 0.516. The molecule has 0 saturated carbocycles. The van der Waals surface area contributed by atoms with Crippen molar-refractivity contribution in [1.82, 2.24) is 9.88 Å². The third kappa shape index (κ3) is 5.07. The Kier molecular flexibility index (Phi) is 7.22. The summed E-state index contributed by atoms with van der Waals surface area (Å²) >= 11 is 1.86. The van der Waals surface area contributed by atoms with Crippen LogP contribution in [0.15, 0.2) is 198 Å². The third-order valence-electron chi connectivity index (χ3n) is 11.8. The molecule has 6 heteroatoms. The molecule has 2 aromatic heterocycles. The van der Waals surface area contributed by atoms with E-state index in [1.165, 1.54) is 59.0 Å². The van der Waals surface area contributed by atoms with Gasteiger partial charge in [-0.1, -0.05) is 146 Å². The van der Waals surface area contributed by atoms with E-state index in [9.17, 15) is 0 Å². The molecule has 2 aliphatic heterocycles. The lowest BCUT2D eigenvalue weighted by Crippen LogP contribution is -2.36. The van der Waals surface area contributed by atoms with Crippen LogP contribution in [0.1, 0.15) is 28.9 Å². The van der Waals surface area contributed by atoms with E-state index in [-0.39, 0.29) is 12.0 Å². The summed E-state index contributed by atoms with van der Waals surface area (Å²) in [6.07, 6.45) is 8.71. The van der Waals surface area contributed by atoms with Gasteiger partial charge in [0.15, 0.2) is 5.84 Å². The van der Waals surface area contributed by atoms with E-state index in [0.717, 1.165) is 28.0 Å². The molecule has 9 aromatic rings. The molecule has 4 heterocycles. The number of aliphatic imine (C=N–C) groups is 2. The first-order chi connectivity index (χ1) is 28.3. The summed E-state index contributed by atoms with van der Waals surface area (Å²) in [6.45, 7) is 0. The van der Waals surface area contributed by atoms with Gasteiger partial charge in [-0.25, -0.2) is 9.98 Å². The fraction of sp³-hybridized carbons (Fsp3) is 0.0588. The molecule has 0 radical (unpaired) electrons. The molecule has 270 valence electrons. The molecule has 0 bridgehead atoms. The number of fused-ring (bicyclic) bond motifs is 10. The highest BCUT2D eigenvalue weighted by atomic mass is 32.1. The smallest absolute Gasteiger partial charge is 0.204 e. The Labute approximate surface area is 333 Å². The van der Waals surface area contributed by atoms with Gasteiger partial charge >= 0.3 is 0 Å². The fourth-order valence-corrected chi connectivity index (χ4v) is 10.3. The predicted molar refractivity (Wildman–Crippen MR) is 239 cm³/mol. The molecule has 1 aliphatic carbocycles. The van der Waals surface area contributed by atoms with E-state index < -0.39 is 6.29 Å². The number of nitrogens with one attached hydrogen (secondary N) is 1. The first-order valence-electron chi connectivity index (χ1n) is 19.5. The summed E-state index contributed by atoms with van der Waals surface area (Å²) < 4.78 is 5.02. The second kappa shape index (κ2) is 12.8. The molecule has 5 nitrogen and oxygen atoms in total. The van der Waals surface area contributed by atoms with Gasteiger partial charge in [0.1, 0.15) is 5.84 Å². The number of benzene rings is 7. The number of hydrogen-bond donors (Lipinski definition) is 1. The maximum absolute atomic E-state index is 5.34. The molecular formula is C51H35N5S. The van der Waals surface area contributed by atoms with Crippen LogP contribution in [0.5, 0.6) is 0 Å². The van der Waals surface area contributed by atoms with Crippen molar-refractivity contribution < 1.29 is 0 Å². The van der Waals surface area contributed by atoms with Crippen molar-refractivity contribution in [3.8, 4) is 11.1 Å². The van der Waals surface area contributed by atoms with Crippen LogP contribution in [0, 0.1) is 0 Å². The van der Waals surface area contributed by atoms with Gasteiger partial charge < -0.3 is 14.8 Å². The molecule has 0 fully saturated rings. The van der Waals surface area contributed by atoms with Crippen LogP contribution in [-0.4, -0.2) is 22.3 Å². The number of nitrogens with zero attached hydrogens (tertiary/aromatic N) is 4. The van der Waals surface area contributed by atoms with Crippen LogP contribution < -0.4 is 10.2 Å². The Morgan fingerprint density at radius 2 is 1.26 bits per heavy atom. The summed E-state index contributed by atoms with van der Waals surface area (Å²) in [6, 6.07) is 59.0. The van der Waals surface area contributed by atoms with E-state index in [4.69, 9.17) is 9.98 Å². The van der Waals surface area contributed by atoms with Crippen LogP contribution >= 0.6 is 11.3 Å². The Hall–Kier alpha value is -7.02. The van der Waals surface area contributed by atoms with Crippen molar-refractivity contribution in [1.29, 1.82) is 0 Å². The van der Waals surface area contributed by atoms with Gasteiger partial charge in [-0.3, -0.25) is 0 Å². The minimum Gasteiger partial charge on any atom is -0.333 e. The Balaban J connectivity index is 1.05. The van der Waals surface area contributed by atoms with Crippen LogP contribution in [0.3, 0.4) is 0 Å². The van der Waals surface area contributed by atoms with Gasteiger partial charge in [0.05, 0.1) is 22.8 Å². The SMILES string of the molecule is C1=CC2c3ccc4c(c3N(c3cccc(-c5ccc6sc7ccccc7c6c5)c3)C2C=C1)c1ccccc1n4C1N=C(c2ccccc2)N=C(c2ccccc2)N1. The van der Waals surface area contributed by atoms with Crippen LogP contribution in [-0.2, 0) is 0 Å². The van der Waals surface area contributed by atoms with Crippen molar-refractivity contribution in [3.05, 3.63) is 205 Å². The maximum Gasteiger partial charge on any atom is 0.204 e. The van der Waals surface area contributed by atoms with Crippen molar-refractivity contribution in [3.63, 3.8) is 0 Å². The standard InChI is InChI=1S/C51H35N5S/c1-3-14-32(15-4-1)49-52-50(33-16-5-2-6-17-33)54-51(53-49)56-43-24-11-8-22-40(43)47-44(56)28-27-39-37-20-7-10-23-42(37)55(48(39)47)36-19-13-18-34(30-36)35-26-29-46-41(31-35)38-21-9-12-25-45(38)57-46/h1-31,37,42,51H,(H,52,53,54). The maximum atomic E-state index is 5.34. The fourth-order valence-electron chi connectivity index (χ4n) is 9.23. The third-order valence-corrected chi connectivity index (χ3v) is 12.9. The number of allylic oxidation sites excluding steroid dienone is 2. The minimum absolute atomic E-state index is 0.142. The van der Waals surface area contributed by atoms with Gasteiger partial charge in [-0.2, -0.15) is 0 Å². The van der Waals surface area contributed by atoms with Crippen LogP contribution in [0.2, 0.25) is 0 Å². The molecule has 57 heavy (non-hydrogen) atoms. The summed E-state index contributed by atoms with van der Waals surface area (Å²) in [7, 11) is 0. The zero-order valence-corrected chi connectivity index (χ0v) is 31.6. The Bertz CT molecular complexity index is 3190. The quantitative estimate of drug-likeness (QED) is 0.190. The highest BCUT2D eigenvalue weighted by Crippen LogP contribution is 2.53. The molecular weight excluding hydrogens is 715 g/mol. The highest BCUT2D eigenvalue weighted by molar-refractivity contribution is 7.25. The molecule has 12 rings (SSSR count). The van der Waals surface area contributed by atoms with Crippen LogP contribution in [0.25, 0.3) is 53.1 Å². The zero-order valence-electron chi connectivity index (χ0n) is 30.8. The molecule has 7 aromatic carbocycles. The number of hydrogen-bond acceptors (Lipinski definition) is 5. The van der Waals surface area contributed by atoms with Crippen molar-refractivity contribution in [2.24, 2.45) is 9.98 Å². The summed E-state index contributed by atoms with van der Waals surface area (Å²) in [5.41, 5.74) is 10.5. The second-order valence-corrected chi connectivity index (χ2v) is 16.0. The zero-order chi connectivity index (χ0) is 37.5. The number of anilines is 2. The van der Waals surface area contributed by atoms with Gasteiger partial charge in [0.25, 0.3) is 0 Å². The van der Waals surface area contributed by atoms with Gasteiger partial charge in [-0.05, 0) is 59.2 Å². The minimum atomic E-state index is -0.434. The molecule has 1 N–H and O–H groups in total. The molecule has 0 saturated heterocycles. The summed E-state index contributed by atoms with van der Waals surface area (Å²) in [5, 5.41) is 8.82. The van der Waals surface area contributed by atoms with E-state index in [0.29, 0.717) is 5.84 Å². The average Bonchev–Trinajstić information content (AvgIpc) is 3.94. The van der Waals surface area contributed by atoms with Crippen molar-refractivity contribution in [2.45, 2.75) is 18.2 Å². The van der Waals surface area contributed by atoms with Crippen molar-refractivity contribution >= 4 is 76.4 Å². The summed E-state index contributed by atoms with van der Waals surface area (Å²) in [5.74, 6) is 1.73. The topological polar surface area (TPSA) is 44.9 Å². The predicted octanol–water partition coefficient (Wildman–Crippen LogP) is 12.5. The number of rotatable bonds is 5. The molecule has 3 aliphatic rings. The molecule has 0 spiro atoms. The van der Waals surface area contributed by atoms with Gasteiger partial charge in [0, 0.05) is 53.7 Å².